The van der Waals surface area contributed by atoms with Crippen molar-refractivity contribution in [2.24, 2.45) is 5.92 Å². The van der Waals surface area contributed by atoms with E-state index in [1.54, 1.807) is 25.3 Å². The molecule has 2 rings (SSSR count). The molecule has 1 atom stereocenters. The van der Waals surface area contributed by atoms with E-state index < -0.39 is 11.9 Å². The number of nitrogens with one attached hydrogen (secondary N) is 1. The predicted octanol–water partition coefficient (Wildman–Crippen LogP) is 0.445. The van der Waals surface area contributed by atoms with Gasteiger partial charge in [-0.15, -0.1) is 0 Å². The second-order valence-corrected chi connectivity index (χ2v) is 3.65. The molecule has 2 N–H and O–H groups in total. The maximum Gasteiger partial charge on any atom is 0.327 e. The fourth-order valence-corrected chi connectivity index (χ4v) is 1.51. The molecular formula is C10H11N3O3. The average Bonchev–Trinajstić information content (AvgIpc) is 2.55. The summed E-state index contributed by atoms with van der Waals surface area (Å²) in [7, 11) is 0. The zero-order chi connectivity index (χ0) is 11.7. The first-order valence-corrected chi connectivity index (χ1v) is 4.86. The number of pyridine rings is 1. The minimum absolute atomic E-state index is 0.116. The van der Waals surface area contributed by atoms with Gasteiger partial charge in [-0.1, -0.05) is 6.92 Å². The van der Waals surface area contributed by atoms with Crippen LogP contribution in [0.25, 0.3) is 11.2 Å². The van der Waals surface area contributed by atoms with Crippen LogP contribution in [0, 0.1) is 5.92 Å². The molecule has 6 nitrogen and oxygen atoms in total. The van der Waals surface area contributed by atoms with Crippen LogP contribution in [0.2, 0.25) is 0 Å². The third-order valence-electron chi connectivity index (χ3n) is 2.41. The number of rotatable bonds is 3. The molecule has 0 amide bonds. The van der Waals surface area contributed by atoms with Gasteiger partial charge in [-0.05, 0) is 12.1 Å². The van der Waals surface area contributed by atoms with E-state index in [0.29, 0.717) is 11.2 Å². The number of carboxylic acids is 1. The molecule has 1 unspecified atom stereocenters. The lowest BCUT2D eigenvalue weighted by Crippen LogP contribution is -2.24. The summed E-state index contributed by atoms with van der Waals surface area (Å²) in [6.07, 6.45) is 1.57. The number of hydrogen-bond acceptors (Lipinski definition) is 3. The molecule has 2 aromatic heterocycles. The summed E-state index contributed by atoms with van der Waals surface area (Å²) in [5, 5.41) is 8.80. The van der Waals surface area contributed by atoms with Crippen molar-refractivity contribution in [3.05, 3.63) is 28.8 Å². The van der Waals surface area contributed by atoms with Crippen molar-refractivity contribution >= 4 is 17.1 Å². The first kappa shape index (κ1) is 10.4. The lowest BCUT2D eigenvalue weighted by Gasteiger charge is -2.06. The van der Waals surface area contributed by atoms with E-state index in [2.05, 4.69) is 9.97 Å². The highest BCUT2D eigenvalue weighted by molar-refractivity contribution is 5.72. The van der Waals surface area contributed by atoms with Crippen LogP contribution in [-0.4, -0.2) is 25.6 Å². The van der Waals surface area contributed by atoms with Crippen molar-refractivity contribution in [3.63, 3.8) is 0 Å². The fraction of sp³-hybridized carbons (Fsp3) is 0.300. The van der Waals surface area contributed by atoms with E-state index in [-0.39, 0.29) is 12.2 Å². The summed E-state index contributed by atoms with van der Waals surface area (Å²) in [6.45, 7) is 1.67. The van der Waals surface area contributed by atoms with Gasteiger partial charge < -0.3 is 10.1 Å². The molecule has 2 heterocycles. The SMILES string of the molecule is CC(Cn1c(=O)[nH]c2cccnc21)C(=O)O. The van der Waals surface area contributed by atoms with Gasteiger partial charge in [-0.3, -0.25) is 9.36 Å². The predicted molar refractivity (Wildman–Crippen MR) is 57.2 cm³/mol. The van der Waals surface area contributed by atoms with Gasteiger partial charge in [0.25, 0.3) is 0 Å². The van der Waals surface area contributed by atoms with Gasteiger partial charge in [0.2, 0.25) is 0 Å². The second-order valence-electron chi connectivity index (χ2n) is 3.65. The number of carbonyl (C=O) groups is 1. The highest BCUT2D eigenvalue weighted by Crippen LogP contribution is 2.08. The molecule has 0 saturated heterocycles. The van der Waals surface area contributed by atoms with Crippen LogP contribution in [0.5, 0.6) is 0 Å². The Bertz CT molecular complexity index is 584. The number of aliphatic carboxylic acids is 1. The molecule has 6 heteroatoms. The van der Waals surface area contributed by atoms with Crippen molar-refractivity contribution in [2.45, 2.75) is 13.5 Å². The molecule has 0 fully saturated rings. The molecule has 0 aliphatic carbocycles. The van der Waals surface area contributed by atoms with Crippen LogP contribution < -0.4 is 5.69 Å². The molecular weight excluding hydrogens is 210 g/mol. The van der Waals surface area contributed by atoms with Gasteiger partial charge in [0.1, 0.15) is 0 Å². The first-order chi connectivity index (χ1) is 7.59. The Morgan fingerprint density at radius 2 is 2.44 bits per heavy atom. The highest BCUT2D eigenvalue weighted by Gasteiger charge is 2.15. The highest BCUT2D eigenvalue weighted by atomic mass is 16.4. The van der Waals surface area contributed by atoms with Gasteiger partial charge in [0.05, 0.1) is 11.4 Å². The zero-order valence-corrected chi connectivity index (χ0v) is 8.67. The van der Waals surface area contributed by atoms with Crippen molar-refractivity contribution in [2.75, 3.05) is 0 Å². The molecule has 0 saturated carbocycles. The maximum absolute atomic E-state index is 11.6. The van der Waals surface area contributed by atoms with E-state index in [1.165, 1.54) is 4.57 Å². The molecule has 0 aliphatic rings. The lowest BCUT2D eigenvalue weighted by atomic mass is 10.2. The number of fused-ring (bicyclic) bond motifs is 1. The minimum Gasteiger partial charge on any atom is -0.481 e. The van der Waals surface area contributed by atoms with Crippen LogP contribution in [0.15, 0.2) is 23.1 Å². The Labute approximate surface area is 90.5 Å². The third-order valence-corrected chi connectivity index (χ3v) is 2.41. The molecule has 0 aromatic carbocycles. The quantitative estimate of drug-likeness (QED) is 0.787. The summed E-state index contributed by atoms with van der Waals surface area (Å²) in [6, 6.07) is 3.44. The summed E-state index contributed by atoms with van der Waals surface area (Å²) < 4.78 is 1.34. The lowest BCUT2D eigenvalue weighted by molar-refractivity contribution is -0.141. The van der Waals surface area contributed by atoms with Crippen molar-refractivity contribution in [1.29, 1.82) is 0 Å². The molecule has 0 radical (unpaired) electrons. The van der Waals surface area contributed by atoms with Crippen LogP contribution in [-0.2, 0) is 11.3 Å². The van der Waals surface area contributed by atoms with E-state index in [9.17, 15) is 9.59 Å². The van der Waals surface area contributed by atoms with Crippen molar-refractivity contribution in [1.82, 2.24) is 14.5 Å². The Morgan fingerprint density at radius 1 is 1.69 bits per heavy atom. The third kappa shape index (κ3) is 1.69. The second kappa shape index (κ2) is 3.80. The minimum atomic E-state index is -0.933. The maximum atomic E-state index is 11.6. The van der Waals surface area contributed by atoms with E-state index in [1.807, 2.05) is 0 Å². The summed E-state index contributed by atoms with van der Waals surface area (Å²) in [5.74, 6) is -1.56. The van der Waals surface area contributed by atoms with Gasteiger partial charge in [0.15, 0.2) is 5.65 Å². The van der Waals surface area contributed by atoms with E-state index >= 15 is 0 Å². The Morgan fingerprint density at radius 3 is 3.12 bits per heavy atom. The molecule has 84 valence electrons. The van der Waals surface area contributed by atoms with Crippen LogP contribution in [0.4, 0.5) is 0 Å². The number of nitrogens with zero attached hydrogens (tertiary/aromatic N) is 2. The van der Waals surface area contributed by atoms with Crippen molar-refractivity contribution < 1.29 is 9.90 Å². The van der Waals surface area contributed by atoms with Crippen LogP contribution in [0.3, 0.4) is 0 Å². The Hall–Kier alpha value is -2.11. The van der Waals surface area contributed by atoms with E-state index in [0.717, 1.165) is 0 Å². The van der Waals surface area contributed by atoms with Gasteiger partial charge in [-0.2, -0.15) is 0 Å². The molecule has 0 aliphatic heterocycles. The standard InChI is InChI=1S/C10H11N3O3/c1-6(9(14)15)5-13-8-7(12-10(13)16)3-2-4-11-8/h2-4,6H,5H2,1H3,(H,12,16)(H,14,15). The molecule has 0 bridgehead atoms. The number of imidazole rings is 1. The van der Waals surface area contributed by atoms with Gasteiger partial charge in [0, 0.05) is 12.7 Å². The Kier molecular flexibility index (Phi) is 2.47. The Balaban J connectivity index is 2.48. The summed E-state index contributed by atoms with van der Waals surface area (Å²) in [5.41, 5.74) is 0.771. The number of aromatic nitrogens is 3. The van der Waals surface area contributed by atoms with E-state index in [4.69, 9.17) is 5.11 Å². The fourth-order valence-electron chi connectivity index (χ4n) is 1.51. The molecule has 0 spiro atoms. The zero-order valence-electron chi connectivity index (χ0n) is 8.67. The average molecular weight is 221 g/mol. The molecule has 2 aromatic rings. The van der Waals surface area contributed by atoms with Crippen LogP contribution >= 0.6 is 0 Å². The number of carboxylic acid groups (broad SMARTS) is 1. The largest absolute Gasteiger partial charge is 0.481 e. The van der Waals surface area contributed by atoms with Gasteiger partial charge >= 0.3 is 11.7 Å². The monoisotopic (exact) mass is 221 g/mol. The number of H-pyrrole nitrogens is 1. The number of aromatic amines is 1. The number of hydrogen-bond donors (Lipinski definition) is 2. The van der Waals surface area contributed by atoms with Gasteiger partial charge in [-0.25, -0.2) is 9.78 Å². The first-order valence-electron chi connectivity index (χ1n) is 4.86. The summed E-state index contributed by atoms with van der Waals surface area (Å²) >= 11 is 0. The smallest absolute Gasteiger partial charge is 0.327 e. The molecule has 16 heavy (non-hydrogen) atoms. The van der Waals surface area contributed by atoms with Crippen LogP contribution in [0.1, 0.15) is 6.92 Å². The normalized spacial score (nSPS) is 12.8. The topological polar surface area (TPSA) is 88.0 Å². The summed E-state index contributed by atoms with van der Waals surface area (Å²) in [4.78, 5) is 29.0. The van der Waals surface area contributed by atoms with Crippen molar-refractivity contribution in [3.8, 4) is 0 Å².